The van der Waals surface area contributed by atoms with Gasteiger partial charge in [-0.25, -0.2) is 13.1 Å². The van der Waals surface area contributed by atoms with Crippen molar-refractivity contribution in [3.05, 3.63) is 35.0 Å². The SMILES string of the molecule is COc1cc(OC)cc([C@@H]2CC(=O)Nc3c2c(C)nn3[C@@H]2CCS(=O)(=O)C2)c1. The molecule has 4 rings (SSSR count). The average Bonchev–Trinajstić information content (AvgIpc) is 3.19. The number of hydrogen-bond acceptors (Lipinski definition) is 6. The fourth-order valence-corrected chi connectivity index (χ4v) is 5.81. The highest BCUT2D eigenvalue weighted by Gasteiger charge is 2.37. The number of aromatic nitrogens is 2. The van der Waals surface area contributed by atoms with E-state index < -0.39 is 9.84 Å². The van der Waals surface area contributed by atoms with Crippen LogP contribution in [0.2, 0.25) is 0 Å². The van der Waals surface area contributed by atoms with Crippen molar-refractivity contribution in [2.75, 3.05) is 31.0 Å². The first-order chi connectivity index (χ1) is 13.3. The highest BCUT2D eigenvalue weighted by atomic mass is 32.2. The fraction of sp³-hybridized carbons (Fsp3) is 0.474. The molecule has 3 heterocycles. The van der Waals surface area contributed by atoms with Crippen molar-refractivity contribution in [3.8, 4) is 11.5 Å². The molecule has 1 N–H and O–H groups in total. The summed E-state index contributed by atoms with van der Waals surface area (Å²) in [6.45, 7) is 1.89. The van der Waals surface area contributed by atoms with Gasteiger partial charge in [-0.1, -0.05) is 0 Å². The van der Waals surface area contributed by atoms with Gasteiger partial charge < -0.3 is 14.8 Å². The molecule has 1 aromatic carbocycles. The number of methoxy groups -OCH3 is 2. The van der Waals surface area contributed by atoms with Gasteiger partial charge in [0.1, 0.15) is 17.3 Å². The maximum Gasteiger partial charge on any atom is 0.226 e. The number of carbonyl (C=O) groups excluding carboxylic acids is 1. The Balaban J connectivity index is 1.81. The molecule has 1 amide bonds. The molecule has 0 spiro atoms. The third kappa shape index (κ3) is 3.23. The molecular weight excluding hydrogens is 382 g/mol. The van der Waals surface area contributed by atoms with Crippen molar-refractivity contribution in [1.82, 2.24) is 9.78 Å². The van der Waals surface area contributed by atoms with Crippen LogP contribution in [0, 0.1) is 6.92 Å². The zero-order valence-corrected chi connectivity index (χ0v) is 16.9. The van der Waals surface area contributed by atoms with Gasteiger partial charge in [0, 0.05) is 24.0 Å². The Kier molecular flexibility index (Phi) is 4.57. The van der Waals surface area contributed by atoms with Crippen LogP contribution in [0.15, 0.2) is 18.2 Å². The molecule has 0 bridgehead atoms. The van der Waals surface area contributed by atoms with Crippen molar-refractivity contribution in [2.45, 2.75) is 31.7 Å². The summed E-state index contributed by atoms with van der Waals surface area (Å²) >= 11 is 0. The number of anilines is 1. The second kappa shape index (κ2) is 6.80. The third-order valence-corrected chi connectivity index (χ3v) is 7.21. The van der Waals surface area contributed by atoms with Crippen molar-refractivity contribution in [3.63, 3.8) is 0 Å². The summed E-state index contributed by atoms with van der Waals surface area (Å²) in [6.07, 6.45) is 0.780. The predicted octanol–water partition coefficient (Wildman–Crippen LogP) is 2.04. The predicted molar refractivity (Wildman–Crippen MR) is 104 cm³/mol. The zero-order chi connectivity index (χ0) is 20.1. The molecule has 0 radical (unpaired) electrons. The number of amides is 1. The van der Waals surface area contributed by atoms with Gasteiger partial charge in [0.05, 0.1) is 37.5 Å². The highest BCUT2D eigenvalue weighted by Crippen LogP contribution is 2.43. The topological polar surface area (TPSA) is 99.5 Å². The molecule has 1 aromatic heterocycles. The molecule has 1 saturated heterocycles. The smallest absolute Gasteiger partial charge is 0.226 e. The van der Waals surface area contributed by atoms with E-state index in [-0.39, 0.29) is 35.8 Å². The number of rotatable bonds is 4. The number of ether oxygens (including phenoxy) is 2. The van der Waals surface area contributed by atoms with Crippen molar-refractivity contribution in [2.24, 2.45) is 0 Å². The minimum absolute atomic E-state index is 0.0497. The summed E-state index contributed by atoms with van der Waals surface area (Å²) in [5.41, 5.74) is 2.60. The molecule has 9 heteroatoms. The van der Waals surface area contributed by atoms with E-state index in [2.05, 4.69) is 10.4 Å². The lowest BCUT2D eigenvalue weighted by Gasteiger charge is -2.26. The minimum atomic E-state index is -3.06. The van der Waals surface area contributed by atoms with Crippen LogP contribution in [0.5, 0.6) is 11.5 Å². The third-order valence-electron chi connectivity index (χ3n) is 5.46. The monoisotopic (exact) mass is 405 g/mol. The summed E-state index contributed by atoms with van der Waals surface area (Å²) in [6, 6.07) is 5.32. The van der Waals surface area contributed by atoms with Crippen LogP contribution in [0.25, 0.3) is 0 Å². The molecule has 1 fully saturated rings. The van der Waals surface area contributed by atoms with E-state index in [1.165, 1.54) is 0 Å². The molecule has 2 atom stereocenters. The van der Waals surface area contributed by atoms with Crippen LogP contribution in [0.3, 0.4) is 0 Å². The first-order valence-corrected chi connectivity index (χ1v) is 11.0. The minimum Gasteiger partial charge on any atom is -0.497 e. The lowest BCUT2D eigenvalue weighted by atomic mass is 9.85. The summed E-state index contributed by atoms with van der Waals surface area (Å²) in [5.74, 6) is 1.76. The van der Waals surface area contributed by atoms with Gasteiger partial charge in [-0.05, 0) is 31.0 Å². The van der Waals surface area contributed by atoms with E-state index >= 15 is 0 Å². The van der Waals surface area contributed by atoms with Crippen molar-refractivity contribution >= 4 is 21.6 Å². The van der Waals surface area contributed by atoms with Crippen LogP contribution in [0.1, 0.15) is 41.6 Å². The zero-order valence-electron chi connectivity index (χ0n) is 16.1. The number of nitrogens with zero attached hydrogens (tertiary/aromatic N) is 2. The molecule has 2 aromatic rings. The molecule has 28 heavy (non-hydrogen) atoms. The number of fused-ring (bicyclic) bond motifs is 1. The lowest BCUT2D eigenvalue weighted by Crippen LogP contribution is -2.26. The van der Waals surface area contributed by atoms with Gasteiger partial charge in [-0.3, -0.25) is 4.79 Å². The first-order valence-electron chi connectivity index (χ1n) is 9.13. The van der Waals surface area contributed by atoms with Crippen LogP contribution in [-0.2, 0) is 14.6 Å². The Labute approximate surface area is 163 Å². The number of carbonyl (C=O) groups is 1. The molecule has 0 saturated carbocycles. The standard InChI is InChI=1S/C19H23N3O5S/c1-11-18-16(12-6-14(26-2)8-15(7-12)27-3)9-17(23)20-19(18)22(21-11)13-4-5-28(24,25)10-13/h6-8,13,16H,4-5,9-10H2,1-3H3,(H,20,23)/t13-,16+/m1/s1. The van der Waals surface area contributed by atoms with E-state index in [1.54, 1.807) is 25.0 Å². The molecule has 8 nitrogen and oxygen atoms in total. The Morgan fingerprint density at radius 3 is 2.43 bits per heavy atom. The number of hydrogen-bond donors (Lipinski definition) is 1. The van der Waals surface area contributed by atoms with Crippen LogP contribution in [-0.4, -0.2) is 49.8 Å². The van der Waals surface area contributed by atoms with Gasteiger partial charge in [0.15, 0.2) is 9.84 Å². The normalized spacial score (nSPS) is 23.2. The molecule has 0 aliphatic carbocycles. The van der Waals surface area contributed by atoms with Gasteiger partial charge in [0.2, 0.25) is 5.91 Å². The maximum absolute atomic E-state index is 12.5. The maximum atomic E-state index is 12.5. The van der Waals surface area contributed by atoms with E-state index in [0.717, 1.165) is 16.8 Å². The summed E-state index contributed by atoms with van der Waals surface area (Å²) in [4.78, 5) is 12.5. The summed E-state index contributed by atoms with van der Waals surface area (Å²) in [7, 11) is 0.105. The fourth-order valence-electron chi connectivity index (χ4n) is 4.12. The molecular formula is C19H23N3O5S. The number of nitrogens with one attached hydrogen (secondary N) is 1. The van der Waals surface area contributed by atoms with E-state index in [0.29, 0.717) is 23.7 Å². The Bertz CT molecular complexity index is 1020. The van der Waals surface area contributed by atoms with Crippen molar-refractivity contribution < 1.29 is 22.7 Å². The molecule has 2 aliphatic rings. The number of sulfone groups is 1. The van der Waals surface area contributed by atoms with Crippen LogP contribution in [0.4, 0.5) is 5.82 Å². The average molecular weight is 405 g/mol. The number of aryl methyl sites for hydroxylation is 1. The molecule has 0 unspecified atom stereocenters. The summed E-state index contributed by atoms with van der Waals surface area (Å²) < 4.78 is 36.3. The second-order valence-corrected chi connectivity index (χ2v) is 9.53. The second-order valence-electron chi connectivity index (χ2n) is 7.30. The Morgan fingerprint density at radius 2 is 1.86 bits per heavy atom. The number of benzene rings is 1. The van der Waals surface area contributed by atoms with E-state index in [1.807, 2.05) is 19.1 Å². The highest BCUT2D eigenvalue weighted by molar-refractivity contribution is 7.91. The van der Waals surface area contributed by atoms with Gasteiger partial charge in [-0.15, -0.1) is 0 Å². The van der Waals surface area contributed by atoms with Crippen molar-refractivity contribution in [1.29, 1.82) is 0 Å². The quantitative estimate of drug-likeness (QED) is 0.836. The first kappa shape index (κ1) is 18.8. The molecule has 150 valence electrons. The molecule has 2 aliphatic heterocycles. The van der Waals surface area contributed by atoms with E-state index in [4.69, 9.17) is 9.47 Å². The largest absolute Gasteiger partial charge is 0.497 e. The van der Waals surface area contributed by atoms with Crippen LogP contribution < -0.4 is 14.8 Å². The van der Waals surface area contributed by atoms with E-state index in [9.17, 15) is 13.2 Å². The van der Waals surface area contributed by atoms with Gasteiger partial charge >= 0.3 is 0 Å². The lowest BCUT2D eigenvalue weighted by molar-refractivity contribution is -0.116. The van der Waals surface area contributed by atoms with Crippen LogP contribution >= 0.6 is 0 Å². The van der Waals surface area contributed by atoms with Gasteiger partial charge in [0.25, 0.3) is 0 Å². The Hall–Kier alpha value is -2.55. The van der Waals surface area contributed by atoms with Gasteiger partial charge in [-0.2, -0.15) is 5.10 Å². The summed E-state index contributed by atoms with van der Waals surface area (Å²) in [5, 5.41) is 7.52. The Morgan fingerprint density at radius 1 is 1.18 bits per heavy atom.